The highest BCUT2D eigenvalue weighted by Crippen LogP contribution is 2.42. The van der Waals surface area contributed by atoms with E-state index in [2.05, 4.69) is 5.18 Å². The summed E-state index contributed by atoms with van der Waals surface area (Å²) in [6.45, 7) is 0.0874. The van der Waals surface area contributed by atoms with Crippen molar-refractivity contribution >= 4 is 50.8 Å². The number of nitroso groups, excluding NO2 is 1. The number of rotatable bonds is 5. The molecule has 0 unspecified atom stereocenters. The van der Waals surface area contributed by atoms with Crippen molar-refractivity contribution in [1.82, 2.24) is 4.57 Å². The molecule has 0 atom stereocenters. The van der Waals surface area contributed by atoms with Crippen LogP contribution in [0.4, 0.5) is 5.69 Å². The Labute approximate surface area is 202 Å². The third-order valence-corrected chi connectivity index (χ3v) is 6.26. The predicted molar refractivity (Wildman–Crippen MR) is 133 cm³/mol. The Kier molecular flexibility index (Phi) is 5.51. The molecule has 0 aliphatic heterocycles. The molecule has 0 aliphatic rings. The van der Waals surface area contributed by atoms with Crippen LogP contribution in [0.1, 0.15) is 5.56 Å². The lowest BCUT2D eigenvalue weighted by atomic mass is 10.0. The summed E-state index contributed by atoms with van der Waals surface area (Å²) < 4.78 is 12.1. The van der Waals surface area contributed by atoms with Gasteiger partial charge in [0.05, 0.1) is 19.2 Å². The fourth-order valence-corrected chi connectivity index (χ4v) is 4.61. The molecule has 0 aliphatic carbocycles. The van der Waals surface area contributed by atoms with Crippen molar-refractivity contribution in [2.75, 3.05) is 7.11 Å². The second kappa shape index (κ2) is 8.52. The molecule has 0 bridgehead atoms. The molecule has 0 saturated carbocycles. The molecule has 9 heteroatoms. The third kappa shape index (κ3) is 3.69. The molecule has 2 aromatic heterocycles. The van der Waals surface area contributed by atoms with Gasteiger partial charge in [0.25, 0.3) is 0 Å². The highest BCUT2D eigenvalue weighted by Gasteiger charge is 2.20. The van der Waals surface area contributed by atoms with E-state index in [-0.39, 0.29) is 18.1 Å². The van der Waals surface area contributed by atoms with Crippen LogP contribution in [0.5, 0.6) is 11.6 Å². The molecule has 0 radical (unpaired) electrons. The van der Waals surface area contributed by atoms with E-state index in [1.165, 1.54) is 17.7 Å². The largest absolute Gasteiger partial charge is 0.497 e. The summed E-state index contributed by atoms with van der Waals surface area (Å²) in [4.78, 5) is 23.8. The second-order valence-electron chi connectivity index (χ2n) is 7.66. The van der Waals surface area contributed by atoms with Gasteiger partial charge in [0.15, 0.2) is 5.69 Å². The van der Waals surface area contributed by atoms with Crippen LogP contribution in [-0.2, 0) is 6.54 Å². The summed E-state index contributed by atoms with van der Waals surface area (Å²) in [5.74, 6) is 0.234. The Morgan fingerprint density at radius 1 is 1.03 bits per heavy atom. The van der Waals surface area contributed by atoms with Crippen LogP contribution in [0.25, 0.3) is 33.0 Å². The summed E-state index contributed by atoms with van der Waals surface area (Å²) in [6, 6.07) is 16.9. The molecule has 5 aromatic rings. The molecule has 0 amide bonds. The van der Waals surface area contributed by atoms with Crippen molar-refractivity contribution < 1.29 is 14.3 Å². The SMILES string of the molecule is COc1ccc2c(Cn3c(O)c(N=O)c4ccc(-c5ccc(Cl)cc5Cl)cc43)cc(=O)oc2c1. The van der Waals surface area contributed by atoms with Gasteiger partial charge in [0, 0.05) is 38.5 Å². The Hall–Kier alpha value is -3.81. The quantitative estimate of drug-likeness (QED) is 0.212. The number of benzene rings is 3. The summed E-state index contributed by atoms with van der Waals surface area (Å²) in [5, 5.41) is 16.0. The fourth-order valence-electron chi connectivity index (χ4n) is 4.10. The van der Waals surface area contributed by atoms with Crippen molar-refractivity contribution in [3.05, 3.63) is 91.6 Å². The Bertz CT molecular complexity index is 1660. The molecule has 2 heterocycles. The fraction of sp³-hybridized carbons (Fsp3) is 0.0800. The number of halogens is 2. The normalized spacial score (nSPS) is 11.3. The van der Waals surface area contributed by atoms with E-state index in [0.717, 1.165) is 11.1 Å². The second-order valence-corrected chi connectivity index (χ2v) is 8.50. The molecular weight excluding hydrogens is 479 g/mol. The maximum absolute atomic E-state index is 12.2. The third-order valence-electron chi connectivity index (χ3n) is 5.71. The van der Waals surface area contributed by atoms with Crippen molar-refractivity contribution in [3.8, 4) is 22.8 Å². The summed E-state index contributed by atoms with van der Waals surface area (Å²) in [7, 11) is 1.52. The minimum absolute atomic E-state index is 0.0855. The van der Waals surface area contributed by atoms with E-state index < -0.39 is 5.63 Å². The van der Waals surface area contributed by atoms with Crippen molar-refractivity contribution in [1.29, 1.82) is 0 Å². The lowest BCUT2D eigenvalue weighted by molar-refractivity contribution is 0.414. The van der Waals surface area contributed by atoms with E-state index in [1.807, 2.05) is 0 Å². The summed E-state index contributed by atoms with van der Waals surface area (Å²) >= 11 is 12.4. The van der Waals surface area contributed by atoms with Crippen molar-refractivity contribution in [2.24, 2.45) is 5.18 Å². The van der Waals surface area contributed by atoms with Gasteiger partial charge in [0.1, 0.15) is 11.3 Å². The van der Waals surface area contributed by atoms with E-state index in [4.69, 9.17) is 32.4 Å². The first-order chi connectivity index (χ1) is 16.4. The summed E-state index contributed by atoms with van der Waals surface area (Å²) in [5.41, 5.74) is 2.34. The van der Waals surface area contributed by atoms with Gasteiger partial charge in [-0.05, 0) is 52.7 Å². The lowest BCUT2D eigenvalue weighted by Gasteiger charge is -2.11. The number of hydrogen-bond acceptors (Lipinski definition) is 6. The minimum Gasteiger partial charge on any atom is -0.497 e. The zero-order valence-electron chi connectivity index (χ0n) is 17.7. The van der Waals surface area contributed by atoms with E-state index in [1.54, 1.807) is 54.6 Å². The average molecular weight is 495 g/mol. The maximum Gasteiger partial charge on any atom is 0.336 e. The highest BCUT2D eigenvalue weighted by atomic mass is 35.5. The lowest BCUT2D eigenvalue weighted by Crippen LogP contribution is -2.05. The van der Waals surface area contributed by atoms with Gasteiger partial charge in [-0.25, -0.2) is 4.79 Å². The zero-order chi connectivity index (χ0) is 24.0. The first-order valence-electron chi connectivity index (χ1n) is 10.1. The van der Waals surface area contributed by atoms with Crippen LogP contribution in [-0.4, -0.2) is 16.8 Å². The molecule has 0 fully saturated rings. The average Bonchev–Trinajstić information content (AvgIpc) is 3.08. The Morgan fingerprint density at radius 3 is 2.56 bits per heavy atom. The molecule has 0 saturated heterocycles. The van der Waals surface area contributed by atoms with E-state index >= 15 is 0 Å². The number of nitrogens with zero attached hydrogens (tertiary/aromatic N) is 2. The molecular formula is C25H16Cl2N2O5. The first kappa shape index (κ1) is 22.0. The standard InChI is InChI=1S/C25H16Cl2N2O5/c1-33-16-4-7-18-14(9-23(30)34-22(18)11-16)12-29-21-8-13(17-6-3-15(26)10-20(17)27)2-5-19(21)24(28-32)25(29)31/h2-11,31H,12H2,1H3. The zero-order valence-corrected chi connectivity index (χ0v) is 19.2. The van der Waals surface area contributed by atoms with Gasteiger partial charge in [-0.1, -0.05) is 35.3 Å². The molecule has 0 spiro atoms. The van der Waals surface area contributed by atoms with Gasteiger partial charge in [-0.3, -0.25) is 0 Å². The number of hydrogen-bond donors (Lipinski definition) is 1. The van der Waals surface area contributed by atoms with Crippen LogP contribution in [0, 0.1) is 4.91 Å². The van der Waals surface area contributed by atoms with Gasteiger partial charge in [-0.2, -0.15) is 0 Å². The van der Waals surface area contributed by atoms with Crippen molar-refractivity contribution in [3.63, 3.8) is 0 Å². The number of aromatic nitrogens is 1. The van der Waals surface area contributed by atoms with E-state index in [0.29, 0.717) is 43.2 Å². The van der Waals surface area contributed by atoms with Crippen LogP contribution in [0.15, 0.2) is 75.1 Å². The van der Waals surface area contributed by atoms with Crippen LogP contribution < -0.4 is 10.4 Å². The smallest absolute Gasteiger partial charge is 0.336 e. The number of aromatic hydroxyl groups is 1. The molecule has 170 valence electrons. The summed E-state index contributed by atoms with van der Waals surface area (Å²) in [6.07, 6.45) is 0. The highest BCUT2D eigenvalue weighted by molar-refractivity contribution is 6.36. The minimum atomic E-state index is -0.547. The Morgan fingerprint density at radius 2 is 1.82 bits per heavy atom. The topological polar surface area (TPSA) is 94.0 Å². The van der Waals surface area contributed by atoms with Gasteiger partial charge in [0.2, 0.25) is 5.88 Å². The number of methoxy groups -OCH3 is 1. The molecule has 5 rings (SSSR count). The number of fused-ring (bicyclic) bond motifs is 2. The van der Waals surface area contributed by atoms with Gasteiger partial charge < -0.3 is 18.8 Å². The monoisotopic (exact) mass is 494 g/mol. The molecule has 1 N–H and O–H groups in total. The maximum atomic E-state index is 12.2. The molecule has 7 nitrogen and oxygen atoms in total. The van der Waals surface area contributed by atoms with Crippen LogP contribution in [0.2, 0.25) is 10.0 Å². The molecule has 34 heavy (non-hydrogen) atoms. The van der Waals surface area contributed by atoms with E-state index in [9.17, 15) is 14.8 Å². The van der Waals surface area contributed by atoms with Crippen LogP contribution in [0.3, 0.4) is 0 Å². The van der Waals surface area contributed by atoms with Crippen LogP contribution >= 0.6 is 23.2 Å². The molecule has 3 aromatic carbocycles. The predicted octanol–water partition coefficient (Wildman–Crippen LogP) is 6.88. The first-order valence-corrected chi connectivity index (χ1v) is 10.9. The van der Waals surface area contributed by atoms with Crippen molar-refractivity contribution in [2.45, 2.75) is 6.54 Å². The Balaban J connectivity index is 1.71. The number of ether oxygens (including phenoxy) is 1. The van der Waals surface area contributed by atoms with Gasteiger partial charge in [-0.15, -0.1) is 4.91 Å². The van der Waals surface area contributed by atoms with Gasteiger partial charge >= 0.3 is 5.63 Å².